The van der Waals surface area contributed by atoms with E-state index in [4.69, 9.17) is 0 Å². The molecule has 0 fully saturated rings. The third-order valence-electron chi connectivity index (χ3n) is 2.50. The molecule has 2 aromatic rings. The lowest BCUT2D eigenvalue weighted by atomic mass is 10.0. The average Bonchev–Trinajstić information content (AvgIpc) is 2.39. The lowest BCUT2D eigenvalue weighted by Gasteiger charge is -2.05. The van der Waals surface area contributed by atoms with Crippen molar-refractivity contribution in [2.75, 3.05) is 0 Å². The molecule has 0 amide bonds. The largest absolute Gasteiger partial charge is 0.545 e. The van der Waals surface area contributed by atoms with Crippen LogP contribution < -0.4 is 5.11 Å². The van der Waals surface area contributed by atoms with Crippen LogP contribution in [0.2, 0.25) is 0 Å². The molecule has 2 rings (SSSR count). The first-order valence-corrected chi connectivity index (χ1v) is 5.08. The number of carboxylic acids is 1. The molecule has 0 aromatic heterocycles. The molecule has 0 saturated carbocycles. The minimum absolute atomic E-state index is 0.151. The molecular formula is C14H9O3-. The molecular weight excluding hydrogens is 216 g/mol. The number of benzene rings is 2. The van der Waals surface area contributed by atoms with Crippen LogP contribution in [0.3, 0.4) is 0 Å². The summed E-state index contributed by atoms with van der Waals surface area (Å²) >= 11 is 0. The Morgan fingerprint density at radius 3 is 1.76 bits per heavy atom. The van der Waals surface area contributed by atoms with Crippen molar-refractivity contribution in [3.8, 4) is 11.1 Å². The van der Waals surface area contributed by atoms with Gasteiger partial charge in [-0.2, -0.15) is 0 Å². The lowest BCUT2D eigenvalue weighted by molar-refractivity contribution is -0.255. The van der Waals surface area contributed by atoms with Crippen molar-refractivity contribution in [3.05, 3.63) is 59.7 Å². The summed E-state index contributed by atoms with van der Waals surface area (Å²) in [6.45, 7) is 0. The molecule has 0 aliphatic heterocycles. The molecule has 0 heterocycles. The summed E-state index contributed by atoms with van der Waals surface area (Å²) in [5.41, 5.74) is 2.59. The smallest absolute Gasteiger partial charge is 0.150 e. The van der Waals surface area contributed by atoms with Gasteiger partial charge in [0.05, 0.1) is 5.97 Å². The van der Waals surface area contributed by atoms with Crippen molar-refractivity contribution in [2.24, 2.45) is 0 Å². The Balaban J connectivity index is 2.32. The molecule has 0 unspecified atom stereocenters. The highest BCUT2D eigenvalue weighted by Gasteiger charge is 1.99. The number of carboxylic acid groups (broad SMARTS) is 1. The van der Waals surface area contributed by atoms with E-state index in [2.05, 4.69) is 0 Å². The molecule has 0 spiro atoms. The maximum absolute atomic E-state index is 10.6. The van der Waals surface area contributed by atoms with Gasteiger partial charge in [0.25, 0.3) is 0 Å². The molecule has 3 heteroatoms. The normalized spacial score (nSPS) is 9.88. The van der Waals surface area contributed by atoms with Crippen LogP contribution in [0.1, 0.15) is 20.7 Å². The first-order chi connectivity index (χ1) is 8.20. The number of rotatable bonds is 3. The fraction of sp³-hybridized carbons (Fsp3) is 0. The summed E-state index contributed by atoms with van der Waals surface area (Å²) in [5, 5.41) is 10.6. The summed E-state index contributed by atoms with van der Waals surface area (Å²) < 4.78 is 0. The van der Waals surface area contributed by atoms with E-state index in [9.17, 15) is 14.7 Å². The zero-order chi connectivity index (χ0) is 12.3. The van der Waals surface area contributed by atoms with Crippen molar-refractivity contribution < 1.29 is 14.7 Å². The topological polar surface area (TPSA) is 57.2 Å². The first-order valence-electron chi connectivity index (χ1n) is 5.08. The molecule has 17 heavy (non-hydrogen) atoms. The number of carbonyl (C=O) groups excluding carboxylic acids is 2. The molecule has 0 aliphatic rings. The summed E-state index contributed by atoms with van der Waals surface area (Å²) in [6, 6.07) is 13.5. The Hall–Kier alpha value is -2.42. The highest BCUT2D eigenvalue weighted by atomic mass is 16.4. The minimum Gasteiger partial charge on any atom is -0.545 e. The summed E-state index contributed by atoms with van der Waals surface area (Å²) in [4.78, 5) is 21.1. The Labute approximate surface area is 98.3 Å². The second kappa shape index (κ2) is 4.61. The molecule has 0 N–H and O–H groups in total. The molecule has 0 saturated heterocycles. The summed E-state index contributed by atoms with van der Waals surface area (Å²) in [5.74, 6) is -1.19. The molecule has 84 valence electrons. The van der Waals surface area contributed by atoms with Crippen LogP contribution in [0.4, 0.5) is 0 Å². The van der Waals surface area contributed by atoms with Crippen LogP contribution in [0, 0.1) is 0 Å². The molecule has 3 nitrogen and oxygen atoms in total. The Morgan fingerprint density at radius 2 is 1.35 bits per heavy atom. The van der Waals surface area contributed by atoms with E-state index in [-0.39, 0.29) is 5.56 Å². The van der Waals surface area contributed by atoms with Gasteiger partial charge < -0.3 is 9.90 Å². The van der Waals surface area contributed by atoms with Gasteiger partial charge in [-0.3, -0.25) is 4.79 Å². The van der Waals surface area contributed by atoms with Gasteiger partial charge in [-0.05, 0) is 16.7 Å². The Morgan fingerprint density at radius 1 is 0.882 bits per heavy atom. The van der Waals surface area contributed by atoms with E-state index < -0.39 is 5.97 Å². The second-order valence-corrected chi connectivity index (χ2v) is 3.60. The van der Waals surface area contributed by atoms with Gasteiger partial charge in [0.1, 0.15) is 6.29 Å². The van der Waals surface area contributed by atoms with Crippen molar-refractivity contribution in [3.63, 3.8) is 0 Å². The molecule has 0 radical (unpaired) electrons. The maximum atomic E-state index is 10.6. The standard InChI is InChI=1S/C14H10O3/c15-9-10-1-3-11(4-2-10)12-5-7-13(8-6-12)14(16)17/h1-9H,(H,16,17)/p-1. The van der Waals surface area contributed by atoms with Crippen LogP contribution in [0.15, 0.2) is 48.5 Å². The van der Waals surface area contributed by atoms with E-state index in [1.807, 2.05) is 12.1 Å². The number of hydrogen-bond donors (Lipinski definition) is 0. The average molecular weight is 225 g/mol. The van der Waals surface area contributed by atoms with Gasteiger partial charge in [0.15, 0.2) is 0 Å². The van der Waals surface area contributed by atoms with Crippen LogP contribution in [0.5, 0.6) is 0 Å². The zero-order valence-electron chi connectivity index (χ0n) is 8.92. The highest BCUT2D eigenvalue weighted by Crippen LogP contribution is 2.19. The lowest BCUT2D eigenvalue weighted by Crippen LogP contribution is -2.21. The van der Waals surface area contributed by atoms with E-state index in [1.54, 1.807) is 24.3 Å². The fourth-order valence-corrected chi connectivity index (χ4v) is 1.55. The summed E-state index contributed by atoms with van der Waals surface area (Å²) in [6.07, 6.45) is 0.781. The van der Waals surface area contributed by atoms with Crippen molar-refractivity contribution in [1.29, 1.82) is 0 Å². The number of aromatic carboxylic acids is 1. The van der Waals surface area contributed by atoms with E-state index in [0.717, 1.165) is 17.4 Å². The SMILES string of the molecule is O=Cc1ccc(-c2ccc(C(=O)[O-])cc2)cc1. The van der Waals surface area contributed by atoms with E-state index >= 15 is 0 Å². The number of aldehydes is 1. The monoisotopic (exact) mass is 225 g/mol. The van der Waals surface area contributed by atoms with Crippen LogP contribution >= 0.6 is 0 Å². The van der Waals surface area contributed by atoms with Crippen molar-refractivity contribution >= 4 is 12.3 Å². The fourth-order valence-electron chi connectivity index (χ4n) is 1.55. The van der Waals surface area contributed by atoms with Gasteiger partial charge in [-0.15, -0.1) is 0 Å². The van der Waals surface area contributed by atoms with Gasteiger partial charge in [0.2, 0.25) is 0 Å². The quantitative estimate of drug-likeness (QED) is 0.744. The minimum atomic E-state index is -1.19. The van der Waals surface area contributed by atoms with Gasteiger partial charge >= 0.3 is 0 Å². The van der Waals surface area contributed by atoms with E-state index in [0.29, 0.717) is 5.56 Å². The zero-order valence-corrected chi connectivity index (χ0v) is 8.92. The molecule has 0 atom stereocenters. The number of hydrogen-bond acceptors (Lipinski definition) is 3. The van der Waals surface area contributed by atoms with Crippen molar-refractivity contribution in [1.82, 2.24) is 0 Å². The van der Waals surface area contributed by atoms with Gasteiger partial charge in [0, 0.05) is 5.56 Å². The summed E-state index contributed by atoms with van der Waals surface area (Å²) in [7, 11) is 0. The second-order valence-electron chi connectivity index (χ2n) is 3.60. The predicted octanol–water partition coefficient (Wildman–Crippen LogP) is 1.53. The molecule has 2 aromatic carbocycles. The number of carbonyl (C=O) groups is 2. The van der Waals surface area contributed by atoms with Gasteiger partial charge in [-0.1, -0.05) is 48.5 Å². The maximum Gasteiger partial charge on any atom is 0.150 e. The third kappa shape index (κ3) is 2.39. The van der Waals surface area contributed by atoms with Gasteiger partial charge in [-0.25, -0.2) is 0 Å². The highest BCUT2D eigenvalue weighted by molar-refractivity contribution is 5.86. The first kappa shape index (κ1) is 11.1. The van der Waals surface area contributed by atoms with Crippen LogP contribution in [-0.4, -0.2) is 12.3 Å². The Bertz CT molecular complexity index is 539. The predicted molar refractivity (Wildman–Crippen MR) is 61.6 cm³/mol. The van der Waals surface area contributed by atoms with Crippen molar-refractivity contribution in [2.45, 2.75) is 0 Å². The van der Waals surface area contributed by atoms with Crippen LogP contribution in [-0.2, 0) is 0 Å². The third-order valence-corrected chi connectivity index (χ3v) is 2.50. The Kier molecular flexibility index (Phi) is 3.01. The van der Waals surface area contributed by atoms with Crippen LogP contribution in [0.25, 0.3) is 11.1 Å². The van der Waals surface area contributed by atoms with E-state index in [1.165, 1.54) is 12.1 Å². The molecule has 0 aliphatic carbocycles. The molecule has 0 bridgehead atoms.